The second-order valence-corrected chi connectivity index (χ2v) is 13.5. The molecule has 0 bridgehead atoms. The van der Waals surface area contributed by atoms with Crippen LogP contribution in [0.25, 0.3) is 0 Å². The van der Waals surface area contributed by atoms with Crippen molar-refractivity contribution in [2.24, 2.45) is 0 Å². The molecular weight excluding hydrogens is 511 g/mol. The SMILES string of the molecule is CCOC(=O)C(=CNCCCC(C)(C)[Si](C)(C)O)C(=O)c1cc(I)c(F)cc1F. The van der Waals surface area contributed by atoms with Crippen LogP contribution in [0.15, 0.2) is 23.9 Å². The second kappa shape index (κ2) is 10.6. The van der Waals surface area contributed by atoms with E-state index in [-0.39, 0.29) is 20.8 Å². The summed E-state index contributed by atoms with van der Waals surface area (Å²) in [5.74, 6) is -3.58. The van der Waals surface area contributed by atoms with Crippen molar-refractivity contribution in [3.63, 3.8) is 0 Å². The monoisotopic (exact) mass is 539 g/mol. The van der Waals surface area contributed by atoms with Crippen molar-refractivity contribution in [2.45, 2.75) is 51.7 Å². The predicted octanol–water partition coefficient (Wildman–Crippen LogP) is 4.55. The summed E-state index contributed by atoms with van der Waals surface area (Å²) in [5, 5.41) is 2.71. The molecule has 162 valence electrons. The van der Waals surface area contributed by atoms with Crippen LogP contribution in [0.3, 0.4) is 0 Å². The lowest BCUT2D eigenvalue weighted by Crippen LogP contribution is -2.39. The summed E-state index contributed by atoms with van der Waals surface area (Å²) < 4.78 is 32.5. The first-order valence-electron chi connectivity index (χ1n) is 9.34. The molecule has 0 aliphatic rings. The van der Waals surface area contributed by atoms with E-state index < -0.39 is 37.3 Å². The van der Waals surface area contributed by atoms with Gasteiger partial charge in [0.2, 0.25) is 5.78 Å². The number of rotatable bonds is 10. The molecule has 0 saturated heterocycles. The molecular formula is C20H28F2INO4Si. The van der Waals surface area contributed by atoms with Crippen LogP contribution < -0.4 is 5.32 Å². The highest BCUT2D eigenvalue weighted by Gasteiger charge is 2.37. The van der Waals surface area contributed by atoms with Gasteiger partial charge in [-0.1, -0.05) is 13.8 Å². The van der Waals surface area contributed by atoms with E-state index in [1.807, 2.05) is 26.9 Å². The van der Waals surface area contributed by atoms with Crippen molar-refractivity contribution >= 4 is 42.7 Å². The molecule has 0 spiro atoms. The van der Waals surface area contributed by atoms with E-state index in [0.29, 0.717) is 19.0 Å². The molecule has 0 aliphatic heterocycles. The van der Waals surface area contributed by atoms with Crippen molar-refractivity contribution in [3.8, 4) is 0 Å². The van der Waals surface area contributed by atoms with Gasteiger partial charge in [-0.15, -0.1) is 0 Å². The van der Waals surface area contributed by atoms with Crippen molar-refractivity contribution in [1.82, 2.24) is 5.32 Å². The number of carbonyl (C=O) groups excluding carboxylic acids is 2. The van der Waals surface area contributed by atoms with Gasteiger partial charge in [-0.25, -0.2) is 13.6 Å². The third-order valence-corrected chi connectivity index (χ3v) is 9.41. The van der Waals surface area contributed by atoms with Crippen LogP contribution >= 0.6 is 22.6 Å². The maximum Gasteiger partial charge on any atom is 0.343 e. The second-order valence-electron chi connectivity index (χ2n) is 7.85. The van der Waals surface area contributed by atoms with E-state index >= 15 is 0 Å². The average molecular weight is 539 g/mol. The average Bonchev–Trinajstić information content (AvgIpc) is 2.59. The number of halogens is 3. The molecule has 5 nitrogen and oxygen atoms in total. The predicted molar refractivity (Wildman–Crippen MR) is 119 cm³/mol. The fourth-order valence-electron chi connectivity index (χ4n) is 2.38. The Morgan fingerprint density at radius 3 is 2.45 bits per heavy atom. The maximum absolute atomic E-state index is 14.1. The number of nitrogens with one attached hydrogen (secondary N) is 1. The molecule has 0 aliphatic carbocycles. The first kappa shape index (κ1) is 25.7. The molecule has 29 heavy (non-hydrogen) atoms. The molecule has 0 atom stereocenters. The van der Waals surface area contributed by atoms with Crippen LogP contribution in [0.4, 0.5) is 8.78 Å². The molecule has 0 radical (unpaired) electrons. The maximum atomic E-state index is 14.1. The van der Waals surface area contributed by atoms with Crippen molar-refractivity contribution in [1.29, 1.82) is 0 Å². The Morgan fingerprint density at radius 1 is 1.28 bits per heavy atom. The summed E-state index contributed by atoms with van der Waals surface area (Å²) in [6.07, 6.45) is 2.68. The summed E-state index contributed by atoms with van der Waals surface area (Å²) in [7, 11) is -2.32. The summed E-state index contributed by atoms with van der Waals surface area (Å²) in [5.41, 5.74) is -0.754. The molecule has 0 fully saturated rings. The minimum Gasteiger partial charge on any atom is -0.462 e. The zero-order valence-corrected chi connectivity index (χ0v) is 20.5. The van der Waals surface area contributed by atoms with Crippen LogP contribution in [0.1, 0.15) is 44.0 Å². The summed E-state index contributed by atoms with van der Waals surface area (Å²) in [4.78, 5) is 35.2. The third-order valence-electron chi connectivity index (χ3n) is 5.02. The lowest BCUT2D eigenvalue weighted by atomic mass is 10.0. The topological polar surface area (TPSA) is 75.6 Å². The van der Waals surface area contributed by atoms with Crippen LogP contribution in [-0.2, 0) is 9.53 Å². The van der Waals surface area contributed by atoms with Gasteiger partial charge in [0, 0.05) is 22.4 Å². The fourth-order valence-corrected chi connectivity index (χ4v) is 3.64. The number of benzene rings is 1. The van der Waals surface area contributed by atoms with Gasteiger partial charge in [0.05, 0.1) is 12.2 Å². The summed E-state index contributed by atoms with van der Waals surface area (Å²) >= 11 is 1.65. The lowest BCUT2D eigenvalue weighted by molar-refractivity contribution is -0.138. The number of carbonyl (C=O) groups is 2. The number of hydrogen-bond donors (Lipinski definition) is 2. The smallest absolute Gasteiger partial charge is 0.343 e. The van der Waals surface area contributed by atoms with Crippen LogP contribution in [0, 0.1) is 15.2 Å². The van der Waals surface area contributed by atoms with Gasteiger partial charge >= 0.3 is 5.97 Å². The molecule has 0 unspecified atom stereocenters. The zero-order chi connectivity index (χ0) is 22.4. The van der Waals surface area contributed by atoms with Gasteiger partial charge in [-0.2, -0.15) is 0 Å². The van der Waals surface area contributed by atoms with E-state index in [0.717, 1.165) is 12.5 Å². The lowest BCUT2D eigenvalue weighted by Gasteiger charge is -2.35. The minimum atomic E-state index is -2.32. The fraction of sp³-hybridized carbons (Fsp3) is 0.500. The highest BCUT2D eigenvalue weighted by molar-refractivity contribution is 14.1. The van der Waals surface area contributed by atoms with Crippen molar-refractivity contribution in [2.75, 3.05) is 13.2 Å². The zero-order valence-electron chi connectivity index (χ0n) is 17.4. The van der Waals surface area contributed by atoms with Gasteiger partial charge in [0.1, 0.15) is 17.2 Å². The Kier molecular flexibility index (Phi) is 9.42. The number of esters is 1. The van der Waals surface area contributed by atoms with Gasteiger partial charge in [0.15, 0.2) is 8.32 Å². The summed E-state index contributed by atoms with van der Waals surface area (Å²) in [6, 6.07) is 1.69. The van der Waals surface area contributed by atoms with E-state index in [9.17, 15) is 23.2 Å². The third kappa shape index (κ3) is 7.14. The summed E-state index contributed by atoms with van der Waals surface area (Å²) in [6.45, 7) is 9.90. The molecule has 2 N–H and O–H groups in total. The van der Waals surface area contributed by atoms with E-state index in [1.165, 1.54) is 6.20 Å². The first-order chi connectivity index (χ1) is 13.3. The van der Waals surface area contributed by atoms with Gasteiger partial charge in [-0.3, -0.25) is 4.79 Å². The van der Waals surface area contributed by atoms with E-state index in [2.05, 4.69) is 5.32 Å². The van der Waals surface area contributed by atoms with Crippen molar-refractivity contribution < 1.29 is 27.9 Å². The van der Waals surface area contributed by atoms with Crippen LogP contribution in [0.5, 0.6) is 0 Å². The van der Waals surface area contributed by atoms with Crippen molar-refractivity contribution in [3.05, 3.63) is 44.7 Å². The van der Waals surface area contributed by atoms with Gasteiger partial charge in [-0.05, 0) is 66.6 Å². The number of Topliss-reactive ketones (excluding diaryl/α,β-unsaturated/α-hetero) is 1. The molecule has 0 heterocycles. The van der Waals surface area contributed by atoms with E-state index in [4.69, 9.17) is 4.74 Å². The van der Waals surface area contributed by atoms with Crippen LogP contribution in [-0.4, -0.2) is 38.0 Å². The van der Waals surface area contributed by atoms with Gasteiger partial charge in [0.25, 0.3) is 0 Å². The number of ether oxygens (including phenoxy) is 1. The largest absolute Gasteiger partial charge is 0.462 e. The highest BCUT2D eigenvalue weighted by Crippen LogP contribution is 2.39. The molecule has 1 aromatic rings. The first-order valence-corrected chi connectivity index (χ1v) is 13.4. The Labute approximate surface area is 185 Å². The normalized spacial score (nSPS) is 12.7. The Bertz CT molecular complexity index is 791. The molecule has 0 amide bonds. The Balaban J connectivity index is 2.95. The molecule has 1 aromatic carbocycles. The van der Waals surface area contributed by atoms with E-state index in [1.54, 1.807) is 29.5 Å². The standard InChI is InChI=1S/C20H28F2INO4Si/c1-6-28-19(26)14(12-24-9-7-8-20(2,3)29(4,5)27)18(25)13-10-17(23)16(22)11-15(13)21/h10-12,24,27H,6-9H2,1-5H3. The Morgan fingerprint density at radius 2 is 1.90 bits per heavy atom. The molecule has 0 aromatic heterocycles. The number of ketones is 1. The Hall–Kier alpha value is -1.33. The highest BCUT2D eigenvalue weighted by atomic mass is 127. The number of hydrogen-bond acceptors (Lipinski definition) is 5. The van der Waals surface area contributed by atoms with Crippen LogP contribution in [0.2, 0.25) is 18.1 Å². The van der Waals surface area contributed by atoms with Gasteiger partial charge < -0.3 is 14.8 Å². The quantitative estimate of drug-likeness (QED) is 0.0526. The molecule has 9 heteroatoms. The molecule has 1 rings (SSSR count). The molecule has 0 saturated carbocycles. The minimum absolute atomic E-state index is 0.0529.